The SMILES string of the molecule is COc1ccc(OCC(=O)OCC2=C(C(=O)OC(c3ccccc3)c3ccccc3)N3C(=O)C(NC(=O)Cc4ccccc4)[C@H]3S(=O)C2)cc1. The average molecular weight is 695 g/mol. The number of amides is 2. The Morgan fingerprint density at radius 2 is 1.42 bits per heavy atom. The predicted molar refractivity (Wildman–Crippen MR) is 183 cm³/mol. The van der Waals surface area contributed by atoms with E-state index in [1.54, 1.807) is 48.5 Å². The summed E-state index contributed by atoms with van der Waals surface area (Å²) in [5.74, 6) is -1.84. The summed E-state index contributed by atoms with van der Waals surface area (Å²) in [5.41, 5.74) is 2.09. The number of carbonyl (C=O) groups is 4. The molecule has 11 nitrogen and oxygen atoms in total. The molecule has 3 atom stereocenters. The summed E-state index contributed by atoms with van der Waals surface area (Å²) in [7, 11) is -0.221. The van der Waals surface area contributed by atoms with Gasteiger partial charge in [0, 0.05) is 5.57 Å². The van der Waals surface area contributed by atoms with Crippen LogP contribution in [-0.4, -0.2) is 70.4 Å². The third kappa shape index (κ3) is 7.76. The molecule has 256 valence electrons. The van der Waals surface area contributed by atoms with Gasteiger partial charge in [0.1, 0.15) is 35.2 Å². The number of β-lactam (4-membered cyclic amide) rings is 1. The molecule has 4 aromatic carbocycles. The van der Waals surface area contributed by atoms with Crippen LogP contribution in [0.2, 0.25) is 0 Å². The highest BCUT2D eigenvalue weighted by Gasteiger charge is 2.57. The molecule has 12 heteroatoms. The van der Waals surface area contributed by atoms with Gasteiger partial charge in [0.15, 0.2) is 12.7 Å². The Bertz CT molecular complexity index is 1860. The molecule has 2 aliphatic heterocycles. The highest BCUT2D eigenvalue weighted by molar-refractivity contribution is 7.86. The Labute approximate surface area is 291 Å². The van der Waals surface area contributed by atoms with Crippen molar-refractivity contribution in [2.75, 3.05) is 26.1 Å². The first-order valence-electron chi connectivity index (χ1n) is 15.8. The van der Waals surface area contributed by atoms with Crippen molar-refractivity contribution in [2.24, 2.45) is 0 Å². The number of hydrogen-bond acceptors (Lipinski definition) is 9. The highest BCUT2D eigenvalue weighted by Crippen LogP contribution is 2.37. The van der Waals surface area contributed by atoms with Crippen molar-refractivity contribution >= 4 is 34.6 Å². The summed E-state index contributed by atoms with van der Waals surface area (Å²) in [4.78, 5) is 54.5. The minimum absolute atomic E-state index is 0.0182. The van der Waals surface area contributed by atoms with Gasteiger partial charge in [0.2, 0.25) is 5.91 Å². The molecule has 2 unspecified atom stereocenters. The van der Waals surface area contributed by atoms with Gasteiger partial charge in [-0.2, -0.15) is 0 Å². The molecule has 1 N–H and O–H groups in total. The van der Waals surface area contributed by atoms with Gasteiger partial charge in [-0.05, 0) is 41.0 Å². The number of nitrogens with one attached hydrogen (secondary N) is 1. The lowest BCUT2D eigenvalue weighted by molar-refractivity contribution is -0.155. The van der Waals surface area contributed by atoms with Crippen molar-refractivity contribution in [3.05, 3.63) is 143 Å². The molecule has 0 bridgehead atoms. The topological polar surface area (TPSA) is 138 Å². The van der Waals surface area contributed by atoms with E-state index in [-0.39, 0.29) is 23.4 Å². The fourth-order valence-corrected chi connectivity index (χ4v) is 7.40. The number of carbonyl (C=O) groups excluding carboxylic acids is 4. The predicted octanol–water partition coefficient (Wildman–Crippen LogP) is 3.86. The molecule has 0 spiro atoms. The molecule has 2 aliphatic rings. The number of esters is 2. The van der Waals surface area contributed by atoms with Gasteiger partial charge in [-0.3, -0.25) is 18.7 Å². The minimum Gasteiger partial charge on any atom is -0.497 e. The van der Waals surface area contributed by atoms with Crippen molar-refractivity contribution in [1.82, 2.24) is 10.2 Å². The smallest absolute Gasteiger partial charge is 0.356 e. The van der Waals surface area contributed by atoms with Crippen LogP contribution in [0.1, 0.15) is 22.8 Å². The quantitative estimate of drug-likeness (QED) is 0.163. The van der Waals surface area contributed by atoms with Crippen LogP contribution in [0.5, 0.6) is 11.5 Å². The number of methoxy groups -OCH3 is 1. The van der Waals surface area contributed by atoms with Crippen LogP contribution in [0.4, 0.5) is 0 Å². The zero-order valence-corrected chi connectivity index (χ0v) is 27.9. The molecule has 0 aromatic heterocycles. The summed E-state index contributed by atoms with van der Waals surface area (Å²) in [6.45, 7) is -0.878. The fraction of sp³-hybridized carbons (Fsp3) is 0.211. The molecule has 0 saturated carbocycles. The van der Waals surface area contributed by atoms with E-state index >= 15 is 0 Å². The number of rotatable bonds is 13. The van der Waals surface area contributed by atoms with Crippen LogP contribution >= 0.6 is 0 Å². The van der Waals surface area contributed by atoms with Gasteiger partial charge in [0.05, 0.1) is 30.1 Å². The Morgan fingerprint density at radius 3 is 2.02 bits per heavy atom. The zero-order chi connectivity index (χ0) is 35.0. The van der Waals surface area contributed by atoms with Gasteiger partial charge < -0.3 is 24.3 Å². The maximum absolute atomic E-state index is 14.1. The van der Waals surface area contributed by atoms with E-state index in [9.17, 15) is 23.4 Å². The van der Waals surface area contributed by atoms with Crippen molar-refractivity contribution in [2.45, 2.75) is 23.9 Å². The Morgan fingerprint density at radius 1 is 0.840 bits per heavy atom. The maximum Gasteiger partial charge on any atom is 0.356 e. The van der Waals surface area contributed by atoms with Crippen LogP contribution < -0.4 is 14.8 Å². The molecule has 2 amide bonds. The molecule has 0 aliphatic carbocycles. The molecule has 6 rings (SSSR count). The van der Waals surface area contributed by atoms with E-state index in [2.05, 4.69) is 5.32 Å². The van der Waals surface area contributed by atoms with Crippen molar-refractivity contribution in [1.29, 1.82) is 0 Å². The average Bonchev–Trinajstić information content (AvgIpc) is 3.15. The van der Waals surface area contributed by atoms with Gasteiger partial charge in [0.25, 0.3) is 5.91 Å². The Hall–Kier alpha value is -5.75. The summed E-state index contributed by atoms with van der Waals surface area (Å²) in [6, 6.07) is 32.7. The number of nitrogens with zero attached hydrogens (tertiary/aromatic N) is 1. The van der Waals surface area contributed by atoms with Gasteiger partial charge in [-0.25, -0.2) is 9.59 Å². The zero-order valence-electron chi connectivity index (χ0n) is 27.1. The summed E-state index contributed by atoms with van der Waals surface area (Å²) in [6.07, 6.45) is -0.827. The lowest BCUT2D eigenvalue weighted by Gasteiger charge is -2.49. The monoisotopic (exact) mass is 694 g/mol. The Kier molecular flexibility index (Phi) is 10.7. The third-order valence-electron chi connectivity index (χ3n) is 8.18. The number of hydrogen-bond donors (Lipinski definition) is 1. The molecule has 1 fully saturated rings. The lowest BCUT2D eigenvalue weighted by atomic mass is 10.0. The molecule has 0 radical (unpaired) electrons. The van der Waals surface area contributed by atoms with Crippen LogP contribution in [0, 0.1) is 0 Å². The second kappa shape index (κ2) is 15.6. The van der Waals surface area contributed by atoms with E-state index in [0.717, 1.165) is 10.5 Å². The summed E-state index contributed by atoms with van der Waals surface area (Å²) in [5, 5.41) is 1.67. The number of ether oxygens (including phenoxy) is 4. The summed E-state index contributed by atoms with van der Waals surface area (Å²) >= 11 is 0. The van der Waals surface area contributed by atoms with Crippen LogP contribution in [0.3, 0.4) is 0 Å². The van der Waals surface area contributed by atoms with E-state index in [1.807, 2.05) is 66.7 Å². The van der Waals surface area contributed by atoms with Crippen LogP contribution in [0.15, 0.2) is 127 Å². The van der Waals surface area contributed by atoms with Crippen molar-refractivity contribution < 1.29 is 42.3 Å². The maximum atomic E-state index is 14.1. The highest BCUT2D eigenvalue weighted by atomic mass is 32.2. The molecule has 4 aromatic rings. The van der Waals surface area contributed by atoms with Crippen LogP contribution in [0.25, 0.3) is 0 Å². The summed E-state index contributed by atoms with van der Waals surface area (Å²) < 4.78 is 35.8. The van der Waals surface area contributed by atoms with Crippen LogP contribution in [-0.2, 0) is 45.9 Å². The first kappa shape index (κ1) is 34.1. The first-order chi connectivity index (χ1) is 24.3. The van der Waals surface area contributed by atoms with E-state index in [1.165, 1.54) is 7.11 Å². The second-order valence-electron chi connectivity index (χ2n) is 11.5. The van der Waals surface area contributed by atoms with E-state index in [4.69, 9.17) is 18.9 Å². The first-order valence-corrected chi connectivity index (χ1v) is 17.2. The fourth-order valence-electron chi connectivity index (χ4n) is 5.73. The third-order valence-corrected chi connectivity index (χ3v) is 9.83. The molecule has 1 saturated heterocycles. The largest absolute Gasteiger partial charge is 0.497 e. The number of fused-ring (bicyclic) bond motifs is 1. The minimum atomic E-state index is -1.75. The van der Waals surface area contributed by atoms with Crippen molar-refractivity contribution in [3.8, 4) is 11.5 Å². The van der Waals surface area contributed by atoms with Gasteiger partial charge in [-0.1, -0.05) is 91.0 Å². The molecular formula is C38H34N2O9S. The molecule has 50 heavy (non-hydrogen) atoms. The van der Waals surface area contributed by atoms with E-state index in [0.29, 0.717) is 22.6 Å². The Balaban J connectivity index is 1.24. The van der Waals surface area contributed by atoms with Gasteiger partial charge in [-0.15, -0.1) is 0 Å². The normalized spacial score (nSPS) is 18.1. The molecule has 2 heterocycles. The van der Waals surface area contributed by atoms with E-state index < -0.39 is 65.3 Å². The standard InChI is InChI=1S/C38H34N2O9S/c1-46-29-17-19-30(20-18-29)47-23-32(42)48-22-28-24-50(45)37-33(39-31(41)21-25-11-5-2-6-12-25)36(43)40(37)34(28)38(44)49-35(26-13-7-3-8-14-26)27-15-9-4-10-16-27/h2-20,33,35,37H,21-24H2,1H3,(H,39,41)/t33?,37-,50?/m1/s1. The second-order valence-corrected chi connectivity index (χ2v) is 13.0. The lowest BCUT2D eigenvalue weighted by Crippen LogP contribution is -2.73. The molecular weight excluding hydrogens is 660 g/mol. The van der Waals surface area contributed by atoms with Crippen molar-refractivity contribution in [3.63, 3.8) is 0 Å². The van der Waals surface area contributed by atoms with Gasteiger partial charge >= 0.3 is 11.9 Å². The number of benzene rings is 4.